The zero-order valence-electron chi connectivity index (χ0n) is 14.0. The van der Waals surface area contributed by atoms with Crippen LogP contribution in [0.15, 0.2) is 0 Å². The molecule has 1 unspecified atom stereocenters. The van der Waals surface area contributed by atoms with Gasteiger partial charge in [0, 0.05) is 39.0 Å². The number of aliphatic hydroxyl groups is 1. The number of nitrogens with zero attached hydrogens (tertiary/aromatic N) is 2. The first-order valence-electron chi connectivity index (χ1n) is 8.36. The number of carbonyl (C=O) groups is 2. The molecule has 1 saturated heterocycles. The van der Waals surface area contributed by atoms with Gasteiger partial charge in [-0.3, -0.25) is 9.59 Å². The molecule has 0 saturated carbocycles. The Hall–Kier alpha value is -1.14. The number of amides is 2. The largest absolute Gasteiger partial charge is 0.390 e. The maximum atomic E-state index is 12.1. The highest BCUT2D eigenvalue weighted by Crippen LogP contribution is 2.11. The van der Waals surface area contributed by atoms with Crippen LogP contribution in [0.5, 0.6) is 0 Å². The standard InChI is InChI=1S/C16H31N3O3/c1-18(2)13-14(20)12-17-15(21)8-7-9-16(22)19-10-5-3-4-6-11-19/h14,20H,3-13H2,1-2H3,(H,17,21). The lowest BCUT2D eigenvalue weighted by atomic mass is 10.2. The highest BCUT2D eigenvalue weighted by atomic mass is 16.3. The molecule has 6 heteroatoms. The Kier molecular flexibility index (Phi) is 9.08. The third-order valence-corrected chi connectivity index (χ3v) is 3.86. The second-order valence-corrected chi connectivity index (χ2v) is 6.37. The van der Waals surface area contributed by atoms with Crippen LogP contribution in [0.4, 0.5) is 0 Å². The molecule has 1 aliphatic rings. The van der Waals surface area contributed by atoms with E-state index in [-0.39, 0.29) is 18.4 Å². The van der Waals surface area contributed by atoms with Gasteiger partial charge in [-0.1, -0.05) is 12.8 Å². The summed E-state index contributed by atoms with van der Waals surface area (Å²) < 4.78 is 0. The second kappa shape index (κ2) is 10.6. The highest BCUT2D eigenvalue weighted by Gasteiger charge is 2.15. The number of likely N-dealkylation sites (tertiary alicyclic amines) is 1. The van der Waals surface area contributed by atoms with Crippen molar-refractivity contribution in [2.45, 2.75) is 51.0 Å². The quantitative estimate of drug-likeness (QED) is 0.688. The minimum atomic E-state index is -0.558. The fraction of sp³-hybridized carbons (Fsp3) is 0.875. The predicted molar refractivity (Wildman–Crippen MR) is 86.5 cm³/mol. The Morgan fingerprint density at radius 3 is 2.36 bits per heavy atom. The molecule has 0 aromatic heterocycles. The average molecular weight is 313 g/mol. The number of hydrogen-bond donors (Lipinski definition) is 2. The smallest absolute Gasteiger partial charge is 0.222 e. The van der Waals surface area contributed by atoms with Gasteiger partial charge in [-0.15, -0.1) is 0 Å². The summed E-state index contributed by atoms with van der Waals surface area (Å²) in [6, 6.07) is 0. The summed E-state index contributed by atoms with van der Waals surface area (Å²) in [7, 11) is 3.75. The Balaban J connectivity index is 2.12. The molecule has 0 bridgehead atoms. The first-order valence-corrected chi connectivity index (χ1v) is 8.36. The van der Waals surface area contributed by atoms with Gasteiger partial charge in [0.05, 0.1) is 6.10 Å². The fourth-order valence-electron chi connectivity index (χ4n) is 2.68. The summed E-state index contributed by atoms with van der Waals surface area (Å²) in [5.74, 6) is 0.0730. The van der Waals surface area contributed by atoms with E-state index >= 15 is 0 Å². The van der Waals surface area contributed by atoms with Gasteiger partial charge in [-0.2, -0.15) is 0 Å². The number of hydrogen-bond acceptors (Lipinski definition) is 4. The van der Waals surface area contributed by atoms with Gasteiger partial charge in [0.25, 0.3) is 0 Å². The molecule has 0 aromatic rings. The molecular formula is C16H31N3O3. The molecular weight excluding hydrogens is 282 g/mol. The zero-order valence-corrected chi connectivity index (χ0v) is 14.0. The van der Waals surface area contributed by atoms with Crippen molar-refractivity contribution >= 4 is 11.8 Å². The molecule has 2 amide bonds. The maximum absolute atomic E-state index is 12.1. The van der Waals surface area contributed by atoms with E-state index in [0.717, 1.165) is 25.9 Å². The van der Waals surface area contributed by atoms with Gasteiger partial charge in [-0.05, 0) is 33.4 Å². The van der Waals surface area contributed by atoms with Crippen LogP contribution in [0.25, 0.3) is 0 Å². The van der Waals surface area contributed by atoms with Gasteiger partial charge in [-0.25, -0.2) is 0 Å². The van der Waals surface area contributed by atoms with Crippen LogP contribution < -0.4 is 5.32 Å². The van der Waals surface area contributed by atoms with Gasteiger partial charge in [0.15, 0.2) is 0 Å². The SMILES string of the molecule is CN(C)CC(O)CNC(=O)CCCC(=O)N1CCCCCC1. The van der Waals surface area contributed by atoms with Crippen LogP contribution >= 0.6 is 0 Å². The lowest BCUT2D eigenvalue weighted by Gasteiger charge is -2.20. The molecule has 128 valence electrons. The van der Waals surface area contributed by atoms with Crippen LogP contribution in [0, 0.1) is 0 Å². The van der Waals surface area contributed by atoms with Crippen LogP contribution in [-0.2, 0) is 9.59 Å². The molecule has 1 atom stereocenters. The average Bonchev–Trinajstić information content (AvgIpc) is 2.73. The number of nitrogens with one attached hydrogen (secondary N) is 1. The van der Waals surface area contributed by atoms with Crippen LogP contribution in [0.3, 0.4) is 0 Å². The number of aliphatic hydroxyl groups excluding tert-OH is 1. The first kappa shape index (κ1) is 18.9. The third-order valence-electron chi connectivity index (χ3n) is 3.86. The molecule has 1 aliphatic heterocycles. The van der Waals surface area contributed by atoms with Crippen molar-refractivity contribution in [2.24, 2.45) is 0 Å². The van der Waals surface area contributed by atoms with E-state index in [1.54, 1.807) is 0 Å². The van der Waals surface area contributed by atoms with Crippen molar-refractivity contribution in [2.75, 3.05) is 40.3 Å². The second-order valence-electron chi connectivity index (χ2n) is 6.37. The van der Waals surface area contributed by atoms with E-state index in [4.69, 9.17) is 0 Å². The van der Waals surface area contributed by atoms with Crippen LogP contribution in [0.1, 0.15) is 44.9 Å². The van der Waals surface area contributed by atoms with Crippen molar-refractivity contribution in [1.29, 1.82) is 0 Å². The van der Waals surface area contributed by atoms with Crippen LogP contribution in [-0.4, -0.2) is 73.1 Å². The van der Waals surface area contributed by atoms with Gasteiger partial charge in [0.2, 0.25) is 11.8 Å². The van der Waals surface area contributed by atoms with E-state index < -0.39 is 6.10 Å². The number of rotatable bonds is 8. The molecule has 1 heterocycles. The topological polar surface area (TPSA) is 72.9 Å². The van der Waals surface area contributed by atoms with E-state index in [1.807, 2.05) is 23.9 Å². The molecule has 0 aliphatic carbocycles. The molecule has 2 N–H and O–H groups in total. The summed E-state index contributed by atoms with van der Waals surface area (Å²) in [5.41, 5.74) is 0. The highest BCUT2D eigenvalue weighted by molar-refractivity contribution is 5.79. The van der Waals surface area contributed by atoms with Crippen molar-refractivity contribution in [3.8, 4) is 0 Å². The zero-order chi connectivity index (χ0) is 16.4. The van der Waals surface area contributed by atoms with Crippen LogP contribution in [0.2, 0.25) is 0 Å². The monoisotopic (exact) mass is 313 g/mol. The van der Waals surface area contributed by atoms with Gasteiger partial charge >= 0.3 is 0 Å². The minimum absolute atomic E-state index is 0.0959. The van der Waals surface area contributed by atoms with Gasteiger partial charge in [0.1, 0.15) is 0 Å². The van der Waals surface area contributed by atoms with Gasteiger partial charge < -0.3 is 20.2 Å². The normalized spacial score (nSPS) is 17.2. The molecule has 0 spiro atoms. The third kappa shape index (κ3) is 8.34. The molecule has 1 rings (SSSR count). The maximum Gasteiger partial charge on any atom is 0.222 e. The van der Waals surface area contributed by atoms with Crippen molar-refractivity contribution in [3.05, 3.63) is 0 Å². The Bertz CT molecular complexity index is 340. The molecule has 1 fully saturated rings. The molecule has 0 aromatic carbocycles. The van der Waals surface area contributed by atoms with E-state index in [1.165, 1.54) is 12.8 Å². The van der Waals surface area contributed by atoms with Crippen molar-refractivity contribution < 1.29 is 14.7 Å². The molecule has 22 heavy (non-hydrogen) atoms. The van der Waals surface area contributed by atoms with E-state index in [9.17, 15) is 14.7 Å². The van der Waals surface area contributed by atoms with Crippen molar-refractivity contribution in [1.82, 2.24) is 15.1 Å². The van der Waals surface area contributed by atoms with E-state index in [0.29, 0.717) is 25.8 Å². The van der Waals surface area contributed by atoms with Crippen molar-refractivity contribution in [3.63, 3.8) is 0 Å². The predicted octanol–water partition coefficient (Wildman–Crippen LogP) is 0.598. The first-order chi connectivity index (χ1) is 10.5. The Morgan fingerprint density at radius 2 is 1.77 bits per heavy atom. The molecule has 0 radical (unpaired) electrons. The summed E-state index contributed by atoms with van der Waals surface area (Å²) in [6.45, 7) is 2.51. The lowest BCUT2D eigenvalue weighted by molar-refractivity contribution is -0.131. The molecule has 6 nitrogen and oxygen atoms in total. The lowest BCUT2D eigenvalue weighted by Crippen LogP contribution is -2.37. The van der Waals surface area contributed by atoms with E-state index in [2.05, 4.69) is 5.32 Å². The minimum Gasteiger partial charge on any atom is -0.390 e. The number of likely N-dealkylation sites (N-methyl/N-ethyl adjacent to an activating group) is 1. The number of carbonyl (C=O) groups excluding carboxylic acids is 2. The summed E-state index contributed by atoms with van der Waals surface area (Å²) in [6.07, 6.45) is 5.40. The fourth-order valence-corrected chi connectivity index (χ4v) is 2.68. The Labute approximate surface area is 133 Å². The summed E-state index contributed by atoms with van der Waals surface area (Å²) in [5, 5.41) is 12.4. The summed E-state index contributed by atoms with van der Waals surface area (Å²) >= 11 is 0. The Morgan fingerprint density at radius 1 is 1.14 bits per heavy atom. The summed E-state index contributed by atoms with van der Waals surface area (Å²) in [4.78, 5) is 27.6.